The van der Waals surface area contributed by atoms with E-state index in [0.717, 1.165) is 29.7 Å². The lowest BCUT2D eigenvalue weighted by atomic mass is 10.1. The number of sulfonamides is 1. The van der Waals surface area contributed by atoms with Crippen LogP contribution in [-0.4, -0.2) is 44.9 Å². The first-order chi connectivity index (χ1) is 14.9. The molecule has 8 heteroatoms. The van der Waals surface area contributed by atoms with E-state index in [1.807, 2.05) is 25.1 Å². The van der Waals surface area contributed by atoms with Crippen LogP contribution >= 0.6 is 0 Å². The Morgan fingerprint density at radius 1 is 1.03 bits per heavy atom. The fourth-order valence-electron chi connectivity index (χ4n) is 3.89. The Balaban J connectivity index is 1.30. The first kappa shape index (κ1) is 21.6. The van der Waals surface area contributed by atoms with Crippen molar-refractivity contribution in [1.29, 1.82) is 0 Å². The molecule has 7 nitrogen and oxygen atoms in total. The number of carbonyl (C=O) groups is 1. The van der Waals surface area contributed by atoms with Crippen molar-refractivity contribution in [2.75, 3.05) is 26.3 Å². The molecule has 1 unspecified atom stereocenters. The fourth-order valence-corrected chi connectivity index (χ4v) is 5.41. The van der Waals surface area contributed by atoms with Gasteiger partial charge in [-0.3, -0.25) is 4.79 Å². The van der Waals surface area contributed by atoms with Crippen molar-refractivity contribution in [2.45, 2.75) is 43.5 Å². The Labute approximate surface area is 183 Å². The highest BCUT2D eigenvalue weighted by atomic mass is 32.2. The molecule has 0 aliphatic carbocycles. The van der Waals surface area contributed by atoms with Gasteiger partial charge in [0.2, 0.25) is 15.9 Å². The van der Waals surface area contributed by atoms with Gasteiger partial charge in [-0.05, 0) is 61.6 Å². The molecule has 0 aromatic heterocycles. The number of nitrogens with zero attached hydrogens (tertiary/aromatic N) is 1. The Morgan fingerprint density at radius 2 is 1.71 bits per heavy atom. The molecule has 0 radical (unpaired) electrons. The van der Waals surface area contributed by atoms with Gasteiger partial charge in [-0.1, -0.05) is 18.2 Å². The molecular weight excluding hydrogens is 416 g/mol. The molecule has 1 atom stereocenters. The average molecular weight is 445 g/mol. The summed E-state index contributed by atoms with van der Waals surface area (Å²) in [6.07, 6.45) is 2.70. The van der Waals surface area contributed by atoms with E-state index in [1.165, 1.54) is 4.31 Å². The first-order valence-corrected chi connectivity index (χ1v) is 12.2. The predicted octanol–water partition coefficient (Wildman–Crippen LogP) is 3.05. The summed E-state index contributed by atoms with van der Waals surface area (Å²) in [5.74, 6) is 1.37. The van der Waals surface area contributed by atoms with E-state index in [1.54, 1.807) is 24.3 Å². The molecule has 0 saturated carbocycles. The van der Waals surface area contributed by atoms with Crippen molar-refractivity contribution in [3.8, 4) is 11.5 Å². The van der Waals surface area contributed by atoms with E-state index in [0.29, 0.717) is 49.8 Å². The molecule has 31 heavy (non-hydrogen) atoms. The van der Waals surface area contributed by atoms with E-state index in [-0.39, 0.29) is 11.9 Å². The summed E-state index contributed by atoms with van der Waals surface area (Å²) in [6.45, 7) is 4.18. The lowest BCUT2D eigenvalue weighted by Crippen LogP contribution is -2.28. The molecule has 2 heterocycles. The van der Waals surface area contributed by atoms with Gasteiger partial charge in [0.05, 0.1) is 10.9 Å². The molecular formula is C23H28N2O5S. The second kappa shape index (κ2) is 9.28. The average Bonchev–Trinajstić information content (AvgIpc) is 3.33. The standard InChI is InChI=1S/C23H28N2O5S/c1-17(19-7-10-21-22(16-19)30-15-14-29-21)24-23(26)11-6-18-4-8-20(9-5-18)31(27,28)25-12-2-3-13-25/h4-5,7-10,16-17H,2-3,6,11-15H2,1H3,(H,24,26). The number of hydrogen-bond acceptors (Lipinski definition) is 5. The van der Waals surface area contributed by atoms with Gasteiger partial charge in [0.25, 0.3) is 0 Å². The monoisotopic (exact) mass is 444 g/mol. The quantitative estimate of drug-likeness (QED) is 0.710. The Morgan fingerprint density at radius 3 is 2.42 bits per heavy atom. The van der Waals surface area contributed by atoms with E-state index in [2.05, 4.69) is 5.32 Å². The number of ether oxygens (including phenoxy) is 2. The number of amides is 1. The summed E-state index contributed by atoms with van der Waals surface area (Å²) >= 11 is 0. The fraction of sp³-hybridized carbons (Fsp3) is 0.435. The first-order valence-electron chi connectivity index (χ1n) is 10.7. The van der Waals surface area contributed by atoms with Crippen LogP contribution in [-0.2, 0) is 21.2 Å². The normalized spacial score (nSPS) is 17.3. The third kappa shape index (κ3) is 5.02. The van der Waals surface area contributed by atoms with Crippen molar-refractivity contribution in [2.24, 2.45) is 0 Å². The minimum atomic E-state index is -3.41. The zero-order chi connectivity index (χ0) is 21.8. The second-order valence-electron chi connectivity index (χ2n) is 7.95. The maximum atomic E-state index is 12.6. The van der Waals surface area contributed by atoms with Crippen LogP contribution in [0.4, 0.5) is 0 Å². The minimum absolute atomic E-state index is 0.0591. The molecule has 166 valence electrons. The number of rotatable bonds is 7. The van der Waals surface area contributed by atoms with E-state index < -0.39 is 10.0 Å². The number of hydrogen-bond donors (Lipinski definition) is 1. The minimum Gasteiger partial charge on any atom is -0.486 e. The highest BCUT2D eigenvalue weighted by molar-refractivity contribution is 7.89. The highest BCUT2D eigenvalue weighted by Crippen LogP contribution is 2.32. The van der Waals surface area contributed by atoms with Gasteiger partial charge in [-0.25, -0.2) is 8.42 Å². The molecule has 1 amide bonds. The van der Waals surface area contributed by atoms with Crippen LogP contribution in [0.25, 0.3) is 0 Å². The van der Waals surface area contributed by atoms with Crippen molar-refractivity contribution >= 4 is 15.9 Å². The van der Waals surface area contributed by atoms with E-state index in [4.69, 9.17) is 9.47 Å². The lowest BCUT2D eigenvalue weighted by molar-refractivity contribution is -0.121. The number of nitrogens with one attached hydrogen (secondary N) is 1. The zero-order valence-electron chi connectivity index (χ0n) is 17.7. The number of fused-ring (bicyclic) bond motifs is 1. The molecule has 0 bridgehead atoms. The SMILES string of the molecule is CC(NC(=O)CCc1ccc(S(=O)(=O)N2CCCC2)cc1)c1ccc2c(c1)OCCO2. The summed E-state index contributed by atoms with van der Waals surface area (Å²) in [6, 6.07) is 12.4. The molecule has 1 fully saturated rings. The lowest BCUT2D eigenvalue weighted by Gasteiger charge is -2.21. The number of aryl methyl sites for hydroxylation is 1. The van der Waals surface area contributed by atoms with Gasteiger partial charge in [-0.15, -0.1) is 0 Å². The Hall–Kier alpha value is -2.58. The topological polar surface area (TPSA) is 84.9 Å². The third-order valence-corrected chi connectivity index (χ3v) is 7.62. The van der Waals surface area contributed by atoms with Crippen molar-refractivity contribution in [3.05, 3.63) is 53.6 Å². The maximum absolute atomic E-state index is 12.6. The van der Waals surface area contributed by atoms with Gasteiger partial charge < -0.3 is 14.8 Å². The Bertz CT molecular complexity index is 1030. The molecule has 2 aromatic carbocycles. The highest BCUT2D eigenvalue weighted by Gasteiger charge is 2.26. The van der Waals surface area contributed by atoms with Crippen molar-refractivity contribution in [1.82, 2.24) is 9.62 Å². The summed E-state index contributed by atoms with van der Waals surface area (Å²) in [5, 5.41) is 3.01. The van der Waals surface area contributed by atoms with Crippen LogP contribution in [0.15, 0.2) is 47.4 Å². The summed E-state index contributed by atoms with van der Waals surface area (Å²) < 4.78 is 37.9. The second-order valence-corrected chi connectivity index (χ2v) is 9.89. The van der Waals surface area contributed by atoms with Crippen LogP contribution in [0, 0.1) is 0 Å². The van der Waals surface area contributed by atoms with Gasteiger partial charge in [-0.2, -0.15) is 4.31 Å². The van der Waals surface area contributed by atoms with Crippen molar-refractivity contribution < 1.29 is 22.7 Å². The number of benzene rings is 2. The third-order valence-electron chi connectivity index (χ3n) is 5.71. The zero-order valence-corrected chi connectivity index (χ0v) is 18.5. The molecule has 1 saturated heterocycles. The molecule has 0 spiro atoms. The molecule has 4 rings (SSSR count). The number of carbonyl (C=O) groups excluding carboxylic acids is 1. The maximum Gasteiger partial charge on any atom is 0.243 e. The van der Waals surface area contributed by atoms with Crippen LogP contribution in [0.1, 0.15) is 43.4 Å². The van der Waals surface area contributed by atoms with Gasteiger partial charge in [0.15, 0.2) is 11.5 Å². The van der Waals surface area contributed by atoms with Crippen molar-refractivity contribution in [3.63, 3.8) is 0 Å². The predicted molar refractivity (Wildman–Crippen MR) is 117 cm³/mol. The molecule has 2 aromatic rings. The largest absolute Gasteiger partial charge is 0.486 e. The summed E-state index contributed by atoms with van der Waals surface area (Å²) in [5.41, 5.74) is 1.89. The molecule has 1 N–H and O–H groups in total. The van der Waals surface area contributed by atoms with Gasteiger partial charge in [0, 0.05) is 19.5 Å². The van der Waals surface area contributed by atoms with Gasteiger partial charge >= 0.3 is 0 Å². The van der Waals surface area contributed by atoms with Crippen LogP contribution in [0.3, 0.4) is 0 Å². The van der Waals surface area contributed by atoms with Gasteiger partial charge in [0.1, 0.15) is 13.2 Å². The summed E-state index contributed by atoms with van der Waals surface area (Å²) in [4.78, 5) is 12.7. The summed E-state index contributed by atoms with van der Waals surface area (Å²) in [7, 11) is -3.41. The molecule has 2 aliphatic heterocycles. The van der Waals surface area contributed by atoms with Crippen LogP contribution in [0.5, 0.6) is 11.5 Å². The molecule has 2 aliphatic rings. The van der Waals surface area contributed by atoms with E-state index in [9.17, 15) is 13.2 Å². The smallest absolute Gasteiger partial charge is 0.243 e. The van der Waals surface area contributed by atoms with Crippen LogP contribution in [0.2, 0.25) is 0 Å². The Kier molecular flexibility index (Phi) is 6.48. The van der Waals surface area contributed by atoms with E-state index >= 15 is 0 Å². The van der Waals surface area contributed by atoms with Crippen LogP contribution < -0.4 is 14.8 Å².